The third-order valence-electron chi connectivity index (χ3n) is 5.43. The van der Waals surface area contributed by atoms with Gasteiger partial charge in [-0.3, -0.25) is 9.88 Å². The van der Waals surface area contributed by atoms with Gasteiger partial charge in [-0.15, -0.1) is 0 Å². The molecule has 7 nitrogen and oxygen atoms in total. The summed E-state index contributed by atoms with van der Waals surface area (Å²) >= 11 is 0. The van der Waals surface area contributed by atoms with E-state index in [1.165, 1.54) is 0 Å². The minimum Gasteiger partial charge on any atom is -0.408 e. The van der Waals surface area contributed by atoms with Crippen LogP contribution in [0.5, 0.6) is 0 Å². The van der Waals surface area contributed by atoms with Gasteiger partial charge in [0.05, 0.1) is 5.52 Å². The van der Waals surface area contributed by atoms with Crippen LogP contribution in [0.1, 0.15) is 25.3 Å². The summed E-state index contributed by atoms with van der Waals surface area (Å²) in [5.41, 5.74) is 2.44. The highest BCUT2D eigenvalue weighted by atomic mass is 16.4. The third-order valence-corrected chi connectivity index (χ3v) is 5.43. The number of amides is 2. The number of urea groups is 1. The first-order chi connectivity index (χ1) is 12.2. The third kappa shape index (κ3) is 3.04. The SMILES string of the molecule is CCN1CCN(C2CCN(Cc3cccc4[nH]c(=O)oc34)CC2)C1=O. The van der Waals surface area contributed by atoms with Crippen LogP contribution in [0.15, 0.2) is 27.4 Å². The summed E-state index contributed by atoms with van der Waals surface area (Å²) in [6.07, 6.45) is 1.99. The first-order valence-corrected chi connectivity index (χ1v) is 9.04. The number of rotatable bonds is 4. The average Bonchev–Trinajstić information content (AvgIpc) is 3.18. The molecule has 0 bridgehead atoms. The maximum atomic E-state index is 12.3. The first-order valence-electron chi connectivity index (χ1n) is 9.04. The summed E-state index contributed by atoms with van der Waals surface area (Å²) in [7, 11) is 0. The van der Waals surface area contributed by atoms with E-state index >= 15 is 0 Å². The number of nitrogens with one attached hydrogen (secondary N) is 1. The van der Waals surface area contributed by atoms with Gasteiger partial charge in [0.25, 0.3) is 0 Å². The molecule has 0 unspecified atom stereocenters. The van der Waals surface area contributed by atoms with Crippen LogP contribution in [0.25, 0.3) is 11.1 Å². The zero-order chi connectivity index (χ0) is 17.4. The number of benzene rings is 1. The Hall–Kier alpha value is -2.28. The zero-order valence-corrected chi connectivity index (χ0v) is 14.5. The molecule has 25 heavy (non-hydrogen) atoms. The van der Waals surface area contributed by atoms with Crippen molar-refractivity contribution in [2.24, 2.45) is 0 Å². The predicted molar refractivity (Wildman–Crippen MR) is 94.5 cm³/mol. The smallest absolute Gasteiger partial charge is 0.408 e. The van der Waals surface area contributed by atoms with E-state index in [-0.39, 0.29) is 6.03 Å². The lowest BCUT2D eigenvalue weighted by Crippen LogP contribution is -2.46. The Kier molecular flexibility index (Phi) is 4.25. The molecular formula is C18H24N4O3. The van der Waals surface area contributed by atoms with Crippen LogP contribution in [-0.2, 0) is 6.54 Å². The van der Waals surface area contributed by atoms with Gasteiger partial charge in [0.1, 0.15) is 0 Å². The summed E-state index contributed by atoms with van der Waals surface area (Å²) < 4.78 is 5.29. The lowest BCUT2D eigenvalue weighted by molar-refractivity contribution is 0.127. The standard InChI is InChI=1S/C18H24N4O3/c1-2-21-10-11-22(18(21)24)14-6-8-20(9-7-14)12-13-4-3-5-15-16(13)25-17(23)19-15/h3-5,14H,2,6-12H2,1H3,(H,19,23). The maximum Gasteiger partial charge on any atom is 0.417 e. The van der Waals surface area contributed by atoms with E-state index in [0.717, 1.165) is 63.2 Å². The monoisotopic (exact) mass is 344 g/mol. The second-order valence-electron chi connectivity index (χ2n) is 6.87. The fourth-order valence-corrected chi connectivity index (χ4v) is 4.02. The lowest BCUT2D eigenvalue weighted by Gasteiger charge is -2.36. The molecule has 2 saturated heterocycles. The first kappa shape index (κ1) is 16.2. The fourth-order valence-electron chi connectivity index (χ4n) is 4.02. The van der Waals surface area contributed by atoms with Gasteiger partial charge < -0.3 is 14.2 Å². The minimum atomic E-state index is -0.408. The van der Waals surface area contributed by atoms with E-state index in [9.17, 15) is 9.59 Å². The van der Waals surface area contributed by atoms with Crippen LogP contribution in [0.3, 0.4) is 0 Å². The molecule has 0 spiro atoms. The van der Waals surface area contributed by atoms with Gasteiger partial charge >= 0.3 is 11.8 Å². The summed E-state index contributed by atoms with van der Waals surface area (Å²) in [5, 5.41) is 0. The number of likely N-dealkylation sites (tertiary alicyclic amines) is 1. The van der Waals surface area contributed by atoms with E-state index in [2.05, 4.69) is 9.88 Å². The van der Waals surface area contributed by atoms with Crippen molar-refractivity contribution in [3.05, 3.63) is 34.3 Å². The van der Waals surface area contributed by atoms with Crippen molar-refractivity contribution in [2.45, 2.75) is 32.4 Å². The number of aromatic nitrogens is 1. The average molecular weight is 344 g/mol. The summed E-state index contributed by atoms with van der Waals surface area (Å²) in [5.74, 6) is -0.408. The van der Waals surface area contributed by atoms with Crippen molar-refractivity contribution < 1.29 is 9.21 Å². The lowest BCUT2D eigenvalue weighted by atomic mass is 10.0. The number of likely N-dealkylation sites (N-methyl/N-ethyl adjacent to an activating group) is 1. The van der Waals surface area contributed by atoms with E-state index in [1.807, 2.05) is 34.9 Å². The van der Waals surface area contributed by atoms with E-state index in [0.29, 0.717) is 11.6 Å². The van der Waals surface area contributed by atoms with Crippen molar-refractivity contribution in [2.75, 3.05) is 32.7 Å². The molecule has 2 fully saturated rings. The molecule has 2 amide bonds. The molecule has 1 N–H and O–H groups in total. The van der Waals surface area contributed by atoms with Crippen molar-refractivity contribution in [3.63, 3.8) is 0 Å². The largest absolute Gasteiger partial charge is 0.417 e. The topological polar surface area (TPSA) is 72.8 Å². The molecule has 0 saturated carbocycles. The Morgan fingerprint density at radius 3 is 2.68 bits per heavy atom. The van der Waals surface area contributed by atoms with Gasteiger partial charge in [-0.05, 0) is 25.8 Å². The summed E-state index contributed by atoms with van der Waals surface area (Å²) in [6, 6.07) is 6.35. The molecule has 0 radical (unpaired) electrons. The predicted octanol–water partition coefficient (Wildman–Crippen LogP) is 1.84. The quantitative estimate of drug-likeness (QED) is 0.919. The Morgan fingerprint density at radius 1 is 1.16 bits per heavy atom. The molecular weight excluding hydrogens is 320 g/mol. The highest BCUT2D eigenvalue weighted by Crippen LogP contribution is 2.24. The van der Waals surface area contributed by atoms with Crippen molar-refractivity contribution >= 4 is 17.1 Å². The molecule has 134 valence electrons. The van der Waals surface area contributed by atoms with Gasteiger partial charge in [-0.1, -0.05) is 12.1 Å². The molecule has 2 aliphatic heterocycles. The van der Waals surface area contributed by atoms with Crippen LogP contribution in [0.4, 0.5) is 4.79 Å². The molecule has 0 aliphatic carbocycles. The minimum absolute atomic E-state index is 0.194. The van der Waals surface area contributed by atoms with Gasteiger partial charge in [0, 0.05) is 50.9 Å². The Bertz CT molecular complexity index is 819. The van der Waals surface area contributed by atoms with Crippen LogP contribution in [0.2, 0.25) is 0 Å². The zero-order valence-electron chi connectivity index (χ0n) is 14.5. The second-order valence-corrected chi connectivity index (χ2v) is 6.87. The van der Waals surface area contributed by atoms with Crippen molar-refractivity contribution in [1.29, 1.82) is 0 Å². The molecule has 3 heterocycles. The summed E-state index contributed by atoms with van der Waals surface area (Å²) in [6.45, 7) is 7.19. The molecule has 2 aromatic rings. The van der Waals surface area contributed by atoms with Crippen molar-refractivity contribution in [3.8, 4) is 0 Å². The van der Waals surface area contributed by atoms with Crippen molar-refractivity contribution in [1.82, 2.24) is 19.7 Å². The second kappa shape index (κ2) is 6.55. The molecule has 0 atom stereocenters. The van der Waals surface area contributed by atoms with E-state index in [4.69, 9.17) is 4.42 Å². The van der Waals surface area contributed by atoms with E-state index < -0.39 is 5.76 Å². The van der Waals surface area contributed by atoms with Gasteiger partial charge in [0.2, 0.25) is 0 Å². The molecule has 1 aromatic heterocycles. The number of hydrogen-bond acceptors (Lipinski definition) is 4. The molecule has 1 aromatic carbocycles. The number of hydrogen-bond donors (Lipinski definition) is 1. The Balaban J connectivity index is 1.39. The fraction of sp³-hybridized carbons (Fsp3) is 0.556. The molecule has 2 aliphatic rings. The number of carbonyl (C=O) groups excluding carboxylic acids is 1. The number of para-hydroxylation sites is 1. The maximum absolute atomic E-state index is 12.3. The normalized spacial score (nSPS) is 20.1. The van der Waals surface area contributed by atoms with Crippen LogP contribution >= 0.6 is 0 Å². The highest BCUT2D eigenvalue weighted by Gasteiger charge is 2.34. The van der Waals surface area contributed by atoms with Crippen LogP contribution in [-0.4, -0.2) is 64.5 Å². The number of fused-ring (bicyclic) bond motifs is 1. The number of carbonyl (C=O) groups is 1. The Morgan fingerprint density at radius 2 is 1.96 bits per heavy atom. The van der Waals surface area contributed by atoms with Gasteiger partial charge in [-0.25, -0.2) is 9.59 Å². The van der Waals surface area contributed by atoms with Gasteiger partial charge in [0.15, 0.2) is 5.58 Å². The number of nitrogens with zero attached hydrogens (tertiary/aromatic N) is 3. The number of aromatic amines is 1. The van der Waals surface area contributed by atoms with Gasteiger partial charge in [-0.2, -0.15) is 0 Å². The van der Waals surface area contributed by atoms with E-state index in [1.54, 1.807) is 0 Å². The highest BCUT2D eigenvalue weighted by molar-refractivity contribution is 5.77. The number of H-pyrrole nitrogens is 1. The Labute approximate surface area is 146 Å². The number of oxazole rings is 1. The van der Waals surface area contributed by atoms with Crippen LogP contribution in [0, 0.1) is 0 Å². The molecule has 4 rings (SSSR count). The summed E-state index contributed by atoms with van der Waals surface area (Å²) in [4.78, 5) is 32.8. The van der Waals surface area contributed by atoms with Crippen LogP contribution < -0.4 is 5.76 Å². The number of piperidine rings is 1. The molecule has 7 heteroatoms.